The first-order valence-electron chi connectivity index (χ1n) is 8.28. The van der Waals surface area contributed by atoms with Crippen molar-refractivity contribution in [3.63, 3.8) is 0 Å². The van der Waals surface area contributed by atoms with E-state index in [1.807, 2.05) is 36.4 Å². The summed E-state index contributed by atoms with van der Waals surface area (Å²) in [5.74, 6) is -0.596. The molecule has 6 heteroatoms. The van der Waals surface area contributed by atoms with E-state index >= 15 is 0 Å². The number of fused-ring (bicyclic) bond motifs is 1. The number of hydrogen-bond donors (Lipinski definition) is 0. The summed E-state index contributed by atoms with van der Waals surface area (Å²) in [6.45, 7) is 0.402. The first-order chi connectivity index (χ1) is 12.7. The second kappa shape index (κ2) is 8.08. The van der Waals surface area contributed by atoms with Crippen LogP contribution in [-0.2, 0) is 11.3 Å². The molecule has 0 fully saturated rings. The van der Waals surface area contributed by atoms with Gasteiger partial charge in [-0.3, -0.25) is 4.79 Å². The van der Waals surface area contributed by atoms with Crippen LogP contribution in [0.15, 0.2) is 59.4 Å². The minimum absolute atomic E-state index is 0.105. The molecular weight excluding hydrogens is 330 g/mol. The molecule has 0 radical (unpaired) electrons. The molecule has 0 saturated carbocycles. The lowest BCUT2D eigenvalue weighted by Gasteiger charge is -2.11. The van der Waals surface area contributed by atoms with Crippen molar-refractivity contribution in [2.75, 3.05) is 6.61 Å². The molecule has 1 heterocycles. The lowest BCUT2D eigenvalue weighted by atomic mass is 10.1. The van der Waals surface area contributed by atoms with Gasteiger partial charge in [0.2, 0.25) is 0 Å². The molecule has 130 valence electrons. The number of nitriles is 1. The Morgan fingerprint density at radius 2 is 1.77 bits per heavy atom. The van der Waals surface area contributed by atoms with Crippen LogP contribution in [0, 0.1) is 11.3 Å². The summed E-state index contributed by atoms with van der Waals surface area (Å²) in [7, 11) is 0. The minimum Gasteiger partial charge on any atom is -0.461 e. The summed E-state index contributed by atoms with van der Waals surface area (Å²) in [5.41, 5.74) is 0.754. The maximum Gasteiger partial charge on any atom is 0.359 e. The first kappa shape index (κ1) is 17.4. The Morgan fingerprint density at radius 1 is 1.08 bits per heavy atom. The number of aromatic nitrogens is 2. The van der Waals surface area contributed by atoms with Gasteiger partial charge in [0, 0.05) is 11.8 Å². The van der Waals surface area contributed by atoms with Crippen molar-refractivity contribution < 1.29 is 9.53 Å². The average Bonchev–Trinajstić information content (AvgIpc) is 2.68. The maximum atomic E-state index is 12.7. The molecule has 0 aliphatic heterocycles. The van der Waals surface area contributed by atoms with E-state index in [1.54, 1.807) is 24.3 Å². The highest BCUT2D eigenvalue weighted by molar-refractivity contribution is 6.02. The van der Waals surface area contributed by atoms with Gasteiger partial charge in [-0.1, -0.05) is 48.5 Å². The van der Waals surface area contributed by atoms with E-state index in [1.165, 1.54) is 4.68 Å². The SMILES string of the molecule is N#CCCCOC(=O)c1nn(Cc2ccccc2)c(=O)c2ccccc12. The number of hydrogen-bond acceptors (Lipinski definition) is 5. The molecule has 3 rings (SSSR count). The van der Waals surface area contributed by atoms with Gasteiger partial charge in [-0.15, -0.1) is 0 Å². The highest BCUT2D eigenvalue weighted by Crippen LogP contribution is 2.15. The number of rotatable bonds is 6. The second-order valence-corrected chi connectivity index (χ2v) is 5.74. The van der Waals surface area contributed by atoms with Gasteiger partial charge >= 0.3 is 5.97 Å². The zero-order valence-electron chi connectivity index (χ0n) is 14.1. The zero-order valence-corrected chi connectivity index (χ0v) is 14.1. The second-order valence-electron chi connectivity index (χ2n) is 5.74. The summed E-state index contributed by atoms with van der Waals surface area (Å²) < 4.78 is 6.50. The van der Waals surface area contributed by atoms with Crippen LogP contribution in [0.5, 0.6) is 0 Å². The molecule has 0 aliphatic rings. The maximum absolute atomic E-state index is 12.7. The van der Waals surface area contributed by atoms with Crippen molar-refractivity contribution in [3.8, 4) is 6.07 Å². The molecule has 0 bridgehead atoms. The van der Waals surface area contributed by atoms with Crippen molar-refractivity contribution in [1.29, 1.82) is 5.26 Å². The minimum atomic E-state index is -0.596. The van der Waals surface area contributed by atoms with E-state index < -0.39 is 5.97 Å². The Balaban J connectivity index is 1.99. The molecule has 26 heavy (non-hydrogen) atoms. The number of carbonyl (C=O) groups is 1. The molecule has 1 aromatic heterocycles. The van der Waals surface area contributed by atoms with Gasteiger partial charge in [0.15, 0.2) is 5.69 Å². The Morgan fingerprint density at radius 3 is 2.50 bits per heavy atom. The third kappa shape index (κ3) is 3.78. The molecule has 0 aliphatic carbocycles. The highest BCUT2D eigenvalue weighted by Gasteiger charge is 2.18. The third-order valence-corrected chi connectivity index (χ3v) is 3.90. The highest BCUT2D eigenvalue weighted by atomic mass is 16.5. The number of carbonyl (C=O) groups excluding carboxylic acids is 1. The monoisotopic (exact) mass is 347 g/mol. The van der Waals surface area contributed by atoms with Crippen LogP contribution < -0.4 is 5.56 Å². The van der Waals surface area contributed by atoms with E-state index in [-0.39, 0.29) is 24.4 Å². The predicted molar refractivity (Wildman–Crippen MR) is 96.7 cm³/mol. The van der Waals surface area contributed by atoms with Crippen LogP contribution in [0.25, 0.3) is 10.8 Å². The van der Waals surface area contributed by atoms with Crippen molar-refractivity contribution in [3.05, 3.63) is 76.2 Å². The summed E-state index contributed by atoms with van der Waals surface area (Å²) in [6.07, 6.45) is 0.777. The molecule has 0 saturated heterocycles. The molecule has 0 N–H and O–H groups in total. The Hall–Kier alpha value is -3.46. The van der Waals surface area contributed by atoms with Crippen molar-refractivity contribution in [2.45, 2.75) is 19.4 Å². The molecule has 3 aromatic rings. The van der Waals surface area contributed by atoms with E-state index in [9.17, 15) is 9.59 Å². The zero-order chi connectivity index (χ0) is 18.4. The van der Waals surface area contributed by atoms with Crippen LogP contribution in [0.4, 0.5) is 0 Å². The largest absolute Gasteiger partial charge is 0.461 e. The molecule has 2 aromatic carbocycles. The average molecular weight is 347 g/mol. The Kier molecular flexibility index (Phi) is 5.40. The van der Waals surface area contributed by atoms with Gasteiger partial charge in [-0.05, 0) is 18.1 Å². The van der Waals surface area contributed by atoms with Crippen LogP contribution in [0.2, 0.25) is 0 Å². The molecule has 6 nitrogen and oxygen atoms in total. The van der Waals surface area contributed by atoms with Crippen molar-refractivity contribution >= 4 is 16.7 Å². The third-order valence-electron chi connectivity index (χ3n) is 3.90. The smallest absolute Gasteiger partial charge is 0.359 e. The number of ether oxygens (including phenoxy) is 1. The van der Waals surface area contributed by atoms with Gasteiger partial charge in [-0.2, -0.15) is 10.4 Å². The normalized spacial score (nSPS) is 10.4. The first-order valence-corrected chi connectivity index (χ1v) is 8.28. The van der Waals surface area contributed by atoms with Crippen molar-refractivity contribution in [2.24, 2.45) is 0 Å². The van der Waals surface area contributed by atoms with Crippen LogP contribution in [0.3, 0.4) is 0 Å². The standard InChI is InChI=1S/C20H17N3O3/c21-12-6-7-13-26-20(25)18-16-10-4-5-11-17(16)19(24)23(22-18)14-15-8-2-1-3-9-15/h1-5,8-11H,6-7,13-14H2. The van der Waals surface area contributed by atoms with Crippen LogP contribution >= 0.6 is 0 Å². The molecule has 0 amide bonds. The lowest BCUT2D eigenvalue weighted by Crippen LogP contribution is -2.27. The summed E-state index contributed by atoms with van der Waals surface area (Å²) >= 11 is 0. The van der Waals surface area contributed by atoms with Gasteiger partial charge in [0.05, 0.1) is 24.6 Å². The van der Waals surface area contributed by atoms with Gasteiger partial charge in [0.25, 0.3) is 5.56 Å². The lowest BCUT2D eigenvalue weighted by molar-refractivity contribution is 0.0494. The van der Waals surface area contributed by atoms with Gasteiger partial charge in [-0.25, -0.2) is 9.48 Å². The van der Waals surface area contributed by atoms with E-state index in [0.717, 1.165) is 5.56 Å². The molecule has 0 atom stereocenters. The Bertz CT molecular complexity index is 1020. The van der Waals surface area contributed by atoms with E-state index in [4.69, 9.17) is 10.00 Å². The summed E-state index contributed by atoms with van der Waals surface area (Å²) in [4.78, 5) is 25.2. The topological polar surface area (TPSA) is 85.0 Å². The van der Waals surface area contributed by atoms with E-state index in [2.05, 4.69) is 5.10 Å². The molecule has 0 spiro atoms. The quantitative estimate of drug-likeness (QED) is 0.505. The molecule has 0 unspecified atom stereocenters. The van der Waals surface area contributed by atoms with Gasteiger partial charge in [0.1, 0.15) is 0 Å². The fourth-order valence-corrected chi connectivity index (χ4v) is 2.63. The van der Waals surface area contributed by atoms with Gasteiger partial charge < -0.3 is 4.74 Å². The number of esters is 1. The summed E-state index contributed by atoms with van der Waals surface area (Å²) in [5, 5.41) is 13.7. The number of benzene rings is 2. The number of nitrogens with zero attached hydrogens (tertiary/aromatic N) is 3. The number of unbranched alkanes of at least 4 members (excludes halogenated alkanes) is 1. The summed E-state index contributed by atoms with van der Waals surface area (Å²) in [6, 6.07) is 18.3. The van der Waals surface area contributed by atoms with Crippen LogP contribution in [-0.4, -0.2) is 22.4 Å². The fraction of sp³-hybridized carbons (Fsp3) is 0.200. The molecular formula is C20H17N3O3. The van der Waals surface area contributed by atoms with Crippen molar-refractivity contribution in [1.82, 2.24) is 9.78 Å². The van der Waals surface area contributed by atoms with Crippen LogP contribution in [0.1, 0.15) is 28.9 Å². The van der Waals surface area contributed by atoms with E-state index in [0.29, 0.717) is 23.6 Å². The Labute approximate surface area is 150 Å². The predicted octanol–water partition coefficient (Wildman–Crippen LogP) is 2.91. The fourth-order valence-electron chi connectivity index (χ4n) is 2.63.